The molecule has 17 heteroatoms. The maximum atomic E-state index is 12.7. The lowest BCUT2D eigenvalue weighted by Crippen LogP contribution is -2.61. The number of hydrogen-bond donors (Lipinski definition) is 7. The number of aliphatic hydroxyl groups excluding tert-OH is 3. The Morgan fingerprint density at radius 3 is 2.33 bits per heavy atom. The Labute approximate surface area is 237 Å². The molecule has 2 aliphatic heterocycles. The highest BCUT2D eigenvalue weighted by Crippen LogP contribution is 2.31. The number of carbonyl (C=O) groups is 6. The first-order chi connectivity index (χ1) is 19.8. The molecular weight excluding hydrogens is 564 g/mol. The molecule has 0 radical (unpaired) electrons. The predicted octanol–water partition coefficient (Wildman–Crippen LogP) is -3.28. The summed E-state index contributed by atoms with van der Waals surface area (Å²) in [6, 6.07) is 2.80. The van der Waals surface area contributed by atoms with Crippen LogP contribution >= 0.6 is 0 Å². The normalized spacial score (nSPS) is 24.2. The van der Waals surface area contributed by atoms with Gasteiger partial charge in [-0.05, 0) is 17.7 Å². The van der Waals surface area contributed by atoms with E-state index in [2.05, 4.69) is 10.6 Å². The molecule has 0 aromatic heterocycles. The fourth-order valence-electron chi connectivity index (χ4n) is 4.01. The number of amides is 4. The minimum Gasteiger partial charge on any atom is -0.479 e. The number of carboxylic acid groups (broad SMARTS) is 1. The Bertz CT molecular complexity index is 1250. The second-order valence-electron chi connectivity index (χ2n) is 9.18. The lowest BCUT2D eigenvalue weighted by atomic mass is 9.99. The second-order valence-corrected chi connectivity index (χ2v) is 9.18. The Hall–Kier alpha value is -4.42. The van der Waals surface area contributed by atoms with E-state index in [0.717, 1.165) is 12.2 Å². The molecule has 4 amide bonds. The van der Waals surface area contributed by atoms with Gasteiger partial charge in [-0.1, -0.05) is 6.07 Å². The van der Waals surface area contributed by atoms with Crippen LogP contribution in [0, 0.1) is 0 Å². The zero-order valence-electron chi connectivity index (χ0n) is 22.2. The lowest BCUT2D eigenvalue weighted by Gasteiger charge is -2.38. The van der Waals surface area contributed by atoms with Crippen LogP contribution in [0.15, 0.2) is 30.4 Å². The fourth-order valence-corrected chi connectivity index (χ4v) is 4.01. The van der Waals surface area contributed by atoms with E-state index in [9.17, 15) is 49.2 Å². The third-order valence-corrected chi connectivity index (χ3v) is 6.15. The van der Waals surface area contributed by atoms with Crippen molar-refractivity contribution in [2.24, 2.45) is 5.73 Å². The molecule has 2 aliphatic rings. The zero-order valence-corrected chi connectivity index (χ0v) is 22.2. The third kappa shape index (κ3) is 7.65. The van der Waals surface area contributed by atoms with Crippen molar-refractivity contribution in [3.05, 3.63) is 35.9 Å². The van der Waals surface area contributed by atoms with Crippen LogP contribution in [-0.4, -0.2) is 111 Å². The van der Waals surface area contributed by atoms with E-state index in [0.29, 0.717) is 10.5 Å². The van der Waals surface area contributed by atoms with E-state index in [-0.39, 0.29) is 37.6 Å². The average Bonchev–Trinajstić information content (AvgIpc) is 3.26. The Morgan fingerprint density at radius 1 is 1.07 bits per heavy atom. The summed E-state index contributed by atoms with van der Waals surface area (Å²) in [6.07, 6.45) is -7.79. The zero-order chi connectivity index (χ0) is 31.1. The maximum Gasteiger partial charge on any atom is 0.335 e. The van der Waals surface area contributed by atoms with Crippen molar-refractivity contribution < 1.29 is 63.4 Å². The molecule has 0 aliphatic carbocycles. The first-order valence-electron chi connectivity index (χ1n) is 12.5. The van der Waals surface area contributed by atoms with Crippen LogP contribution in [0.4, 0.5) is 5.69 Å². The van der Waals surface area contributed by atoms with Crippen molar-refractivity contribution in [3.8, 4) is 5.75 Å². The smallest absolute Gasteiger partial charge is 0.335 e. The second kappa shape index (κ2) is 14.0. The number of imide groups is 1. The standard InChI is InChI=1S/C25H30N4O13/c1-11(30)40-10-12-2-3-15(41-25-21(36)19(34)20(35)22(42-25)24(38)39)13(8-12)28-16(31)6-7-27-23(37)14(9-26)29-17(32)4-5-18(29)33/h2-5,8,14,19-22,25,34-36H,6-7,9-10,26H2,1H3,(H,27,37)(H,28,31)(H,38,39)/t14-,19-,20?,21-,22?,25?/m0/s1. The average molecular weight is 595 g/mol. The number of rotatable bonds is 12. The summed E-state index contributed by atoms with van der Waals surface area (Å²) in [7, 11) is 0. The summed E-state index contributed by atoms with van der Waals surface area (Å²) < 4.78 is 15.6. The molecule has 0 saturated carbocycles. The summed E-state index contributed by atoms with van der Waals surface area (Å²) in [5, 5.41) is 44.4. The number of aliphatic hydroxyl groups is 3. The van der Waals surface area contributed by atoms with Crippen LogP contribution in [-0.2, 0) is 44.8 Å². The molecule has 1 aromatic carbocycles. The molecule has 1 aromatic rings. The number of carbonyl (C=O) groups excluding carboxylic acids is 5. The number of ether oxygens (including phenoxy) is 3. The monoisotopic (exact) mass is 594 g/mol. The van der Waals surface area contributed by atoms with Crippen molar-refractivity contribution >= 4 is 41.3 Å². The van der Waals surface area contributed by atoms with E-state index in [1.807, 2.05) is 0 Å². The molecule has 0 spiro atoms. The van der Waals surface area contributed by atoms with Gasteiger partial charge >= 0.3 is 11.9 Å². The van der Waals surface area contributed by atoms with Crippen LogP contribution < -0.4 is 21.1 Å². The van der Waals surface area contributed by atoms with Gasteiger partial charge in [0.1, 0.15) is 36.7 Å². The van der Waals surface area contributed by atoms with Crippen LogP contribution in [0.3, 0.4) is 0 Å². The van der Waals surface area contributed by atoms with Gasteiger partial charge in [-0.15, -0.1) is 0 Å². The van der Waals surface area contributed by atoms with E-state index >= 15 is 0 Å². The molecule has 3 rings (SSSR count). The van der Waals surface area contributed by atoms with Gasteiger partial charge in [0.25, 0.3) is 11.8 Å². The number of anilines is 1. The lowest BCUT2D eigenvalue weighted by molar-refractivity contribution is -0.271. The number of carboxylic acids is 1. The SMILES string of the molecule is CC(=O)OCc1ccc(OC2OC(C(=O)O)C(O)[C@H](O)[C@@H]2O)c(NC(=O)CCNC(=O)[C@H](CN)N2C(=O)C=CC2=O)c1. The van der Waals surface area contributed by atoms with E-state index in [4.69, 9.17) is 19.9 Å². The van der Waals surface area contributed by atoms with Crippen LogP contribution in [0.2, 0.25) is 0 Å². The van der Waals surface area contributed by atoms with Crippen molar-refractivity contribution in [3.63, 3.8) is 0 Å². The molecule has 228 valence electrons. The molecule has 17 nitrogen and oxygen atoms in total. The fraction of sp³-hybridized carbons (Fsp3) is 0.440. The summed E-state index contributed by atoms with van der Waals surface area (Å²) in [6.45, 7) is 0.419. The largest absolute Gasteiger partial charge is 0.479 e. The van der Waals surface area contributed by atoms with Crippen molar-refractivity contribution in [2.75, 3.05) is 18.4 Å². The highest BCUT2D eigenvalue weighted by atomic mass is 16.7. The molecular formula is C25H30N4O13. The van der Waals surface area contributed by atoms with Gasteiger partial charge < -0.3 is 51.0 Å². The number of aliphatic carboxylic acids is 1. The Balaban J connectivity index is 1.70. The molecule has 1 fully saturated rings. The van der Waals surface area contributed by atoms with Crippen molar-refractivity contribution in [2.45, 2.75) is 56.7 Å². The number of benzene rings is 1. The first kappa shape index (κ1) is 32.1. The quantitative estimate of drug-likeness (QED) is 0.0924. The van der Waals surface area contributed by atoms with Gasteiger partial charge in [-0.3, -0.25) is 28.9 Å². The molecule has 1 saturated heterocycles. The number of hydrogen-bond acceptors (Lipinski definition) is 13. The molecule has 42 heavy (non-hydrogen) atoms. The van der Waals surface area contributed by atoms with Crippen molar-refractivity contribution in [1.82, 2.24) is 10.2 Å². The number of esters is 1. The van der Waals surface area contributed by atoms with E-state index in [1.165, 1.54) is 25.1 Å². The van der Waals surface area contributed by atoms with Crippen LogP contribution in [0.1, 0.15) is 18.9 Å². The first-order valence-corrected chi connectivity index (χ1v) is 12.5. The number of nitrogens with zero attached hydrogens (tertiary/aromatic N) is 1. The van der Waals surface area contributed by atoms with Gasteiger partial charge in [0.15, 0.2) is 6.10 Å². The highest BCUT2D eigenvalue weighted by molar-refractivity contribution is 6.15. The summed E-state index contributed by atoms with van der Waals surface area (Å²) in [5.74, 6) is -5.19. The summed E-state index contributed by atoms with van der Waals surface area (Å²) in [4.78, 5) is 72.3. The van der Waals surface area contributed by atoms with Crippen LogP contribution in [0.5, 0.6) is 5.75 Å². The highest BCUT2D eigenvalue weighted by Gasteiger charge is 2.48. The molecule has 6 atom stereocenters. The minimum absolute atomic E-state index is 0.0431. The van der Waals surface area contributed by atoms with Crippen LogP contribution in [0.25, 0.3) is 0 Å². The third-order valence-electron chi connectivity index (χ3n) is 6.15. The number of nitrogens with one attached hydrogen (secondary N) is 2. The molecule has 8 N–H and O–H groups in total. The van der Waals surface area contributed by atoms with Gasteiger partial charge in [0.2, 0.25) is 18.1 Å². The van der Waals surface area contributed by atoms with Gasteiger partial charge in [-0.2, -0.15) is 0 Å². The minimum atomic E-state index is -1.95. The summed E-state index contributed by atoms with van der Waals surface area (Å²) >= 11 is 0. The summed E-state index contributed by atoms with van der Waals surface area (Å²) in [5.41, 5.74) is 5.91. The van der Waals surface area contributed by atoms with Gasteiger partial charge in [0, 0.05) is 38.6 Å². The number of nitrogens with two attached hydrogens (primary N) is 1. The molecule has 0 bridgehead atoms. The topological polar surface area (TPSA) is 264 Å². The molecule has 3 unspecified atom stereocenters. The Morgan fingerprint density at radius 2 is 1.74 bits per heavy atom. The molecule has 2 heterocycles. The van der Waals surface area contributed by atoms with Gasteiger partial charge in [0.05, 0.1) is 5.69 Å². The van der Waals surface area contributed by atoms with Crippen molar-refractivity contribution in [1.29, 1.82) is 0 Å². The maximum absolute atomic E-state index is 12.7. The predicted molar refractivity (Wildman–Crippen MR) is 137 cm³/mol. The Kier molecular flexibility index (Phi) is 10.7. The van der Waals surface area contributed by atoms with Gasteiger partial charge in [-0.25, -0.2) is 4.79 Å². The van der Waals surface area contributed by atoms with E-state index < -0.39 is 72.3 Å². The van der Waals surface area contributed by atoms with E-state index in [1.54, 1.807) is 0 Å².